The molecule has 0 saturated heterocycles. The first-order valence-electron chi connectivity index (χ1n) is 4.60. The van der Waals surface area contributed by atoms with Crippen LogP contribution in [0.2, 0.25) is 5.02 Å². The van der Waals surface area contributed by atoms with E-state index in [4.69, 9.17) is 22.0 Å². The van der Waals surface area contributed by atoms with Crippen LogP contribution in [0.3, 0.4) is 0 Å². The smallest absolute Gasteiger partial charge is 0.337 e. The summed E-state index contributed by atoms with van der Waals surface area (Å²) in [5.74, 6) is -0.991. The molecule has 17 heavy (non-hydrogen) atoms. The average Bonchev–Trinajstić information content (AvgIpc) is 2.76. The summed E-state index contributed by atoms with van der Waals surface area (Å²) in [6.45, 7) is 0. The Morgan fingerprint density at radius 2 is 2.29 bits per heavy atom. The molecule has 0 bridgehead atoms. The van der Waals surface area contributed by atoms with Crippen molar-refractivity contribution in [2.75, 3.05) is 0 Å². The van der Waals surface area contributed by atoms with E-state index in [0.717, 1.165) is 0 Å². The number of nitriles is 1. The molecule has 0 spiro atoms. The van der Waals surface area contributed by atoms with Crippen LogP contribution >= 0.6 is 11.6 Å². The summed E-state index contributed by atoms with van der Waals surface area (Å²) in [6, 6.07) is 6.31. The van der Waals surface area contributed by atoms with Crippen molar-refractivity contribution in [3.63, 3.8) is 0 Å². The van der Waals surface area contributed by atoms with Gasteiger partial charge in [0.05, 0.1) is 11.3 Å². The van der Waals surface area contributed by atoms with Gasteiger partial charge in [-0.05, 0) is 18.2 Å². The molecule has 84 valence electrons. The van der Waals surface area contributed by atoms with Gasteiger partial charge in [0.1, 0.15) is 6.07 Å². The molecule has 1 heterocycles. The molecule has 0 saturated carbocycles. The molecule has 5 nitrogen and oxygen atoms in total. The highest BCUT2D eigenvalue weighted by molar-refractivity contribution is 6.31. The molecule has 0 fully saturated rings. The molecule has 0 aliphatic carbocycles. The van der Waals surface area contributed by atoms with E-state index in [1.807, 2.05) is 6.07 Å². The van der Waals surface area contributed by atoms with Crippen LogP contribution in [-0.2, 0) is 0 Å². The topological polar surface area (TPSA) is 78.9 Å². The van der Waals surface area contributed by atoms with Crippen molar-refractivity contribution < 1.29 is 9.90 Å². The summed E-state index contributed by atoms with van der Waals surface area (Å²) >= 11 is 5.74. The number of carbonyl (C=O) groups is 1. The molecule has 0 atom stereocenters. The summed E-state index contributed by atoms with van der Waals surface area (Å²) in [5, 5.41) is 18.2. The van der Waals surface area contributed by atoms with Gasteiger partial charge in [0.15, 0.2) is 0 Å². The second-order valence-corrected chi connectivity index (χ2v) is 3.64. The zero-order chi connectivity index (χ0) is 12.4. The Kier molecular flexibility index (Phi) is 2.81. The van der Waals surface area contributed by atoms with Crippen LogP contribution in [0, 0.1) is 11.3 Å². The maximum absolute atomic E-state index is 11.1. The van der Waals surface area contributed by atoms with Crippen LogP contribution in [0.25, 0.3) is 5.69 Å². The van der Waals surface area contributed by atoms with Gasteiger partial charge in [-0.2, -0.15) is 5.26 Å². The zero-order valence-corrected chi connectivity index (χ0v) is 9.22. The SMILES string of the molecule is N#Cc1nccn1-c1ccc(Cl)cc1C(=O)O. The largest absolute Gasteiger partial charge is 0.478 e. The monoisotopic (exact) mass is 247 g/mol. The number of hydrogen-bond acceptors (Lipinski definition) is 3. The first-order valence-corrected chi connectivity index (χ1v) is 4.98. The van der Waals surface area contributed by atoms with E-state index < -0.39 is 5.97 Å². The van der Waals surface area contributed by atoms with E-state index in [-0.39, 0.29) is 11.4 Å². The van der Waals surface area contributed by atoms with E-state index in [1.165, 1.54) is 29.1 Å². The van der Waals surface area contributed by atoms with Gasteiger partial charge < -0.3 is 5.11 Å². The van der Waals surface area contributed by atoms with E-state index >= 15 is 0 Å². The summed E-state index contributed by atoms with van der Waals surface area (Å²) in [4.78, 5) is 14.9. The van der Waals surface area contributed by atoms with Gasteiger partial charge in [0, 0.05) is 17.4 Å². The third kappa shape index (κ3) is 1.98. The molecular formula is C11H6ClN3O2. The number of aromatic carboxylic acids is 1. The maximum atomic E-state index is 11.1. The number of carboxylic acids is 1. The minimum atomic E-state index is -1.11. The number of hydrogen-bond donors (Lipinski definition) is 1. The van der Waals surface area contributed by atoms with Crippen molar-refractivity contribution in [3.8, 4) is 11.8 Å². The van der Waals surface area contributed by atoms with Crippen LogP contribution in [0.1, 0.15) is 16.2 Å². The average molecular weight is 248 g/mol. The summed E-state index contributed by atoms with van der Waals surface area (Å²) < 4.78 is 1.40. The Bertz CT molecular complexity index is 628. The number of imidazole rings is 1. The number of carboxylic acid groups (broad SMARTS) is 1. The Balaban J connectivity index is 2.68. The maximum Gasteiger partial charge on any atom is 0.337 e. The van der Waals surface area contributed by atoms with Crippen molar-refractivity contribution in [3.05, 3.63) is 47.0 Å². The Morgan fingerprint density at radius 1 is 1.53 bits per heavy atom. The van der Waals surface area contributed by atoms with Gasteiger partial charge in [-0.25, -0.2) is 9.78 Å². The minimum Gasteiger partial charge on any atom is -0.478 e. The normalized spacial score (nSPS) is 9.88. The minimum absolute atomic E-state index is 0.0204. The zero-order valence-electron chi connectivity index (χ0n) is 8.46. The van der Waals surface area contributed by atoms with Crippen molar-refractivity contribution in [1.82, 2.24) is 9.55 Å². The molecule has 1 N–H and O–H groups in total. The van der Waals surface area contributed by atoms with Crippen molar-refractivity contribution in [1.29, 1.82) is 5.26 Å². The Morgan fingerprint density at radius 3 is 2.94 bits per heavy atom. The standard InChI is InChI=1S/C11H6ClN3O2/c12-7-1-2-9(8(5-7)11(16)17)15-4-3-14-10(15)6-13/h1-5H,(H,16,17). The lowest BCUT2D eigenvalue weighted by Gasteiger charge is -2.07. The van der Waals surface area contributed by atoms with Gasteiger partial charge >= 0.3 is 5.97 Å². The molecule has 1 aromatic heterocycles. The fourth-order valence-corrected chi connectivity index (χ4v) is 1.64. The fourth-order valence-electron chi connectivity index (χ4n) is 1.47. The summed E-state index contributed by atoms with van der Waals surface area (Å²) in [7, 11) is 0. The number of aromatic nitrogens is 2. The number of nitrogens with zero attached hydrogens (tertiary/aromatic N) is 3. The van der Waals surface area contributed by atoms with E-state index in [0.29, 0.717) is 10.7 Å². The predicted octanol–water partition coefficient (Wildman–Crippen LogP) is 2.10. The number of rotatable bonds is 2. The highest BCUT2D eigenvalue weighted by atomic mass is 35.5. The van der Waals surface area contributed by atoms with Gasteiger partial charge in [-0.1, -0.05) is 11.6 Å². The van der Waals surface area contributed by atoms with Gasteiger partial charge in [0.2, 0.25) is 5.82 Å². The summed E-state index contributed by atoms with van der Waals surface area (Å²) in [6.07, 6.45) is 2.95. The molecule has 0 amide bonds. The van der Waals surface area contributed by atoms with Crippen LogP contribution in [0.15, 0.2) is 30.6 Å². The lowest BCUT2D eigenvalue weighted by Crippen LogP contribution is -2.06. The van der Waals surface area contributed by atoms with Gasteiger partial charge in [-0.3, -0.25) is 4.57 Å². The van der Waals surface area contributed by atoms with Crippen LogP contribution in [-0.4, -0.2) is 20.6 Å². The van der Waals surface area contributed by atoms with Gasteiger partial charge in [-0.15, -0.1) is 0 Å². The molecule has 2 aromatic rings. The molecule has 0 aliphatic rings. The lowest BCUT2D eigenvalue weighted by molar-refractivity contribution is 0.0697. The molecule has 0 unspecified atom stereocenters. The summed E-state index contributed by atoms with van der Waals surface area (Å²) in [5.41, 5.74) is 0.378. The number of halogens is 1. The quantitative estimate of drug-likeness (QED) is 0.881. The number of benzene rings is 1. The third-order valence-electron chi connectivity index (χ3n) is 2.19. The first kappa shape index (κ1) is 11.2. The second-order valence-electron chi connectivity index (χ2n) is 3.20. The highest BCUT2D eigenvalue weighted by Gasteiger charge is 2.14. The molecule has 2 rings (SSSR count). The van der Waals surface area contributed by atoms with Crippen LogP contribution in [0.5, 0.6) is 0 Å². The molecule has 0 aliphatic heterocycles. The van der Waals surface area contributed by atoms with E-state index in [1.54, 1.807) is 6.07 Å². The lowest BCUT2D eigenvalue weighted by atomic mass is 10.1. The van der Waals surface area contributed by atoms with E-state index in [9.17, 15) is 4.79 Å². The van der Waals surface area contributed by atoms with Gasteiger partial charge in [0.25, 0.3) is 0 Å². The van der Waals surface area contributed by atoms with Crippen molar-refractivity contribution in [2.45, 2.75) is 0 Å². The van der Waals surface area contributed by atoms with Crippen LogP contribution < -0.4 is 0 Å². The van der Waals surface area contributed by atoms with E-state index in [2.05, 4.69) is 4.98 Å². The molecule has 6 heteroatoms. The molecule has 1 aromatic carbocycles. The fraction of sp³-hybridized carbons (Fsp3) is 0. The Labute approximate surface area is 102 Å². The molecule has 0 radical (unpaired) electrons. The van der Waals surface area contributed by atoms with Crippen LogP contribution in [0.4, 0.5) is 0 Å². The van der Waals surface area contributed by atoms with Crippen molar-refractivity contribution >= 4 is 17.6 Å². The van der Waals surface area contributed by atoms with Crippen molar-refractivity contribution in [2.24, 2.45) is 0 Å². The first-order chi connectivity index (χ1) is 8.13. The third-order valence-corrected chi connectivity index (χ3v) is 2.42. The highest BCUT2D eigenvalue weighted by Crippen LogP contribution is 2.20. The predicted molar refractivity (Wildman–Crippen MR) is 60.2 cm³/mol. The Hall–Kier alpha value is -2.32. The second kappa shape index (κ2) is 4.28. The molecular weight excluding hydrogens is 242 g/mol.